The Hall–Kier alpha value is -1.93. The lowest BCUT2D eigenvalue weighted by Gasteiger charge is -2.06. The third-order valence-electron chi connectivity index (χ3n) is 2.67. The summed E-state index contributed by atoms with van der Waals surface area (Å²) >= 11 is 3.02. The molecule has 3 aromatic heterocycles. The Morgan fingerprint density at radius 1 is 1.33 bits per heavy atom. The summed E-state index contributed by atoms with van der Waals surface area (Å²) in [6.07, 6.45) is 0. The van der Waals surface area contributed by atoms with Gasteiger partial charge in [-0.15, -0.1) is 11.3 Å². The van der Waals surface area contributed by atoms with Crippen molar-refractivity contribution in [1.82, 2.24) is 20.1 Å². The summed E-state index contributed by atoms with van der Waals surface area (Å²) in [5, 5.41) is 6.54. The Morgan fingerprint density at radius 3 is 2.90 bits per heavy atom. The largest absolute Gasteiger partial charge is 0.384 e. The minimum absolute atomic E-state index is 0.0487. The molecule has 8 heteroatoms. The van der Waals surface area contributed by atoms with Gasteiger partial charge in [0.15, 0.2) is 5.16 Å². The van der Waals surface area contributed by atoms with Crippen LogP contribution in [0.15, 0.2) is 33.3 Å². The van der Waals surface area contributed by atoms with Crippen molar-refractivity contribution in [3.63, 3.8) is 0 Å². The van der Waals surface area contributed by atoms with E-state index in [0.29, 0.717) is 22.7 Å². The number of thioether (sulfide) groups is 1. The number of anilines is 1. The highest BCUT2D eigenvalue weighted by atomic mass is 32.2. The SMILES string of the molecule is Cc1cc(N)nc(S[C@H](C)c2nc(-c3cccs3)no2)n1. The van der Waals surface area contributed by atoms with Crippen LogP contribution in [-0.4, -0.2) is 20.1 Å². The quantitative estimate of drug-likeness (QED) is 0.582. The van der Waals surface area contributed by atoms with Crippen molar-refractivity contribution < 1.29 is 4.52 Å². The molecule has 0 aliphatic heterocycles. The molecule has 0 radical (unpaired) electrons. The predicted molar refractivity (Wildman–Crippen MR) is 83.1 cm³/mol. The third kappa shape index (κ3) is 3.22. The molecule has 1 atom stereocenters. The van der Waals surface area contributed by atoms with Crippen LogP contribution in [0.3, 0.4) is 0 Å². The molecule has 3 heterocycles. The molecule has 0 aliphatic carbocycles. The van der Waals surface area contributed by atoms with E-state index in [-0.39, 0.29) is 5.25 Å². The maximum atomic E-state index is 5.73. The molecule has 0 unspecified atom stereocenters. The normalized spacial score (nSPS) is 12.5. The van der Waals surface area contributed by atoms with E-state index < -0.39 is 0 Å². The van der Waals surface area contributed by atoms with E-state index in [2.05, 4.69) is 20.1 Å². The highest BCUT2D eigenvalue weighted by Gasteiger charge is 2.18. The van der Waals surface area contributed by atoms with E-state index in [1.807, 2.05) is 31.4 Å². The molecule has 0 aliphatic rings. The molecule has 108 valence electrons. The monoisotopic (exact) mass is 319 g/mol. The summed E-state index contributed by atoms with van der Waals surface area (Å²) in [7, 11) is 0. The van der Waals surface area contributed by atoms with Gasteiger partial charge in [-0.2, -0.15) is 4.98 Å². The molecule has 2 N–H and O–H groups in total. The molecule has 0 saturated heterocycles. The first-order valence-electron chi connectivity index (χ1n) is 6.27. The lowest BCUT2D eigenvalue weighted by Crippen LogP contribution is -1.98. The number of rotatable bonds is 4. The Labute approximate surface area is 129 Å². The van der Waals surface area contributed by atoms with Crippen molar-refractivity contribution >= 4 is 28.9 Å². The zero-order valence-corrected chi connectivity index (χ0v) is 13.1. The highest BCUT2D eigenvalue weighted by molar-refractivity contribution is 7.99. The molecule has 0 amide bonds. The summed E-state index contributed by atoms with van der Waals surface area (Å²) in [5.74, 6) is 1.62. The maximum Gasteiger partial charge on any atom is 0.240 e. The van der Waals surface area contributed by atoms with Crippen molar-refractivity contribution in [3.05, 3.63) is 35.2 Å². The number of hydrogen-bond acceptors (Lipinski definition) is 8. The van der Waals surface area contributed by atoms with Gasteiger partial charge in [0.25, 0.3) is 0 Å². The summed E-state index contributed by atoms with van der Waals surface area (Å²) in [6.45, 7) is 3.85. The van der Waals surface area contributed by atoms with Gasteiger partial charge in [-0.3, -0.25) is 0 Å². The second kappa shape index (κ2) is 5.82. The van der Waals surface area contributed by atoms with Gasteiger partial charge in [0.2, 0.25) is 11.7 Å². The Balaban J connectivity index is 1.77. The lowest BCUT2D eigenvalue weighted by atomic mass is 10.4. The first kappa shape index (κ1) is 14.0. The molecule has 0 aromatic carbocycles. The van der Waals surface area contributed by atoms with E-state index in [0.717, 1.165) is 10.6 Å². The average Bonchev–Trinajstić information content (AvgIpc) is 3.09. The number of aryl methyl sites for hydroxylation is 1. The standard InChI is InChI=1S/C13H13N5OS2/c1-7-6-10(14)16-13(15-7)21-8(2)12-17-11(18-19-12)9-4-3-5-20-9/h3-6,8H,1-2H3,(H2,14,15,16)/t8-/m1/s1. The number of nitrogens with two attached hydrogens (primary N) is 1. The molecule has 3 aromatic rings. The van der Waals surface area contributed by atoms with E-state index in [1.165, 1.54) is 11.8 Å². The second-order valence-corrected chi connectivity index (χ2v) is 6.67. The van der Waals surface area contributed by atoms with Crippen LogP contribution in [0.25, 0.3) is 10.7 Å². The Bertz CT molecular complexity index is 721. The lowest BCUT2D eigenvalue weighted by molar-refractivity contribution is 0.381. The first-order chi connectivity index (χ1) is 10.1. The molecule has 0 spiro atoms. The number of hydrogen-bond donors (Lipinski definition) is 1. The molecule has 3 rings (SSSR count). The van der Waals surface area contributed by atoms with Crippen molar-refractivity contribution in [1.29, 1.82) is 0 Å². The number of thiophene rings is 1. The topological polar surface area (TPSA) is 90.7 Å². The minimum atomic E-state index is -0.0487. The van der Waals surface area contributed by atoms with E-state index in [4.69, 9.17) is 10.3 Å². The zero-order chi connectivity index (χ0) is 14.8. The van der Waals surface area contributed by atoms with Crippen LogP contribution < -0.4 is 5.73 Å². The molecule has 6 nitrogen and oxygen atoms in total. The van der Waals surface area contributed by atoms with Crippen LogP contribution in [0.5, 0.6) is 0 Å². The molecular formula is C13H13N5OS2. The van der Waals surface area contributed by atoms with E-state index in [9.17, 15) is 0 Å². The predicted octanol–water partition coefficient (Wildman–Crippen LogP) is 3.33. The summed E-state index contributed by atoms with van der Waals surface area (Å²) in [6, 6.07) is 5.65. The van der Waals surface area contributed by atoms with Crippen molar-refractivity contribution in [2.75, 3.05) is 5.73 Å². The van der Waals surface area contributed by atoms with Crippen LogP contribution in [0.1, 0.15) is 23.8 Å². The number of nitrogen functional groups attached to an aromatic ring is 1. The number of nitrogens with zero attached hydrogens (tertiary/aromatic N) is 4. The van der Waals surface area contributed by atoms with Gasteiger partial charge in [-0.05, 0) is 25.3 Å². The average molecular weight is 319 g/mol. The second-order valence-electron chi connectivity index (χ2n) is 4.41. The van der Waals surface area contributed by atoms with Gasteiger partial charge in [0, 0.05) is 11.8 Å². The molecule has 0 saturated carbocycles. The van der Waals surface area contributed by atoms with E-state index in [1.54, 1.807) is 17.4 Å². The molecule has 0 fully saturated rings. The summed E-state index contributed by atoms with van der Waals surface area (Å²) in [4.78, 5) is 13.9. The van der Waals surface area contributed by atoms with Crippen LogP contribution in [0.4, 0.5) is 5.82 Å². The summed E-state index contributed by atoms with van der Waals surface area (Å²) in [5.41, 5.74) is 6.56. The highest BCUT2D eigenvalue weighted by Crippen LogP contribution is 2.33. The number of aromatic nitrogens is 4. The van der Waals surface area contributed by atoms with Gasteiger partial charge in [-0.1, -0.05) is 23.0 Å². The fourth-order valence-electron chi connectivity index (χ4n) is 1.73. The summed E-state index contributed by atoms with van der Waals surface area (Å²) < 4.78 is 5.32. The van der Waals surface area contributed by atoms with Crippen LogP contribution >= 0.6 is 23.1 Å². The van der Waals surface area contributed by atoms with Gasteiger partial charge in [-0.25, -0.2) is 9.97 Å². The fourth-order valence-corrected chi connectivity index (χ4v) is 3.25. The van der Waals surface area contributed by atoms with Gasteiger partial charge in [0.05, 0.1) is 10.1 Å². The van der Waals surface area contributed by atoms with Gasteiger partial charge >= 0.3 is 0 Å². The first-order valence-corrected chi connectivity index (χ1v) is 8.03. The minimum Gasteiger partial charge on any atom is -0.384 e. The molecular weight excluding hydrogens is 306 g/mol. The fraction of sp³-hybridized carbons (Fsp3) is 0.231. The Kier molecular flexibility index (Phi) is 3.89. The zero-order valence-electron chi connectivity index (χ0n) is 11.5. The Morgan fingerprint density at radius 2 is 2.19 bits per heavy atom. The molecule has 21 heavy (non-hydrogen) atoms. The van der Waals surface area contributed by atoms with E-state index >= 15 is 0 Å². The van der Waals surface area contributed by atoms with Crippen LogP contribution in [0, 0.1) is 6.92 Å². The third-order valence-corrected chi connectivity index (χ3v) is 4.48. The van der Waals surface area contributed by atoms with Crippen molar-refractivity contribution in [2.24, 2.45) is 0 Å². The van der Waals surface area contributed by atoms with Crippen molar-refractivity contribution in [2.45, 2.75) is 24.3 Å². The van der Waals surface area contributed by atoms with Gasteiger partial charge in [0.1, 0.15) is 5.82 Å². The van der Waals surface area contributed by atoms with Crippen molar-refractivity contribution in [3.8, 4) is 10.7 Å². The van der Waals surface area contributed by atoms with Crippen LogP contribution in [0.2, 0.25) is 0 Å². The van der Waals surface area contributed by atoms with Crippen LogP contribution in [-0.2, 0) is 0 Å². The maximum absolute atomic E-state index is 5.73. The molecule has 0 bridgehead atoms. The van der Waals surface area contributed by atoms with Gasteiger partial charge < -0.3 is 10.3 Å². The smallest absolute Gasteiger partial charge is 0.240 e.